The van der Waals surface area contributed by atoms with Crippen molar-refractivity contribution in [1.82, 2.24) is 0 Å². The van der Waals surface area contributed by atoms with Gasteiger partial charge in [-0.25, -0.2) is 0 Å². The van der Waals surface area contributed by atoms with Gasteiger partial charge in [-0.15, -0.1) is 0 Å². The minimum absolute atomic E-state index is 0.622. The number of rotatable bonds is 4. The standard InChI is InChI=1S/C18H22O3/c1-11-9-12(2)16(13(3)10-11)14-7-8-15(19-4)18(21-6)17(14)20-5/h7-10H,1-6H3. The first-order valence-electron chi connectivity index (χ1n) is 6.90. The molecule has 0 saturated carbocycles. The van der Waals surface area contributed by atoms with E-state index >= 15 is 0 Å². The molecule has 2 rings (SSSR count). The Hall–Kier alpha value is -2.16. The zero-order valence-corrected chi connectivity index (χ0v) is 13.5. The van der Waals surface area contributed by atoms with E-state index in [9.17, 15) is 0 Å². The van der Waals surface area contributed by atoms with Crippen LogP contribution < -0.4 is 14.2 Å². The summed E-state index contributed by atoms with van der Waals surface area (Å²) in [6, 6.07) is 8.29. The van der Waals surface area contributed by atoms with Gasteiger partial charge in [0.1, 0.15) is 0 Å². The summed E-state index contributed by atoms with van der Waals surface area (Å²) in [5.41, 5.74) is 5.90. The van der Waals surface area contributed by atoms with Crippen molar-refractivity contribution >= 4 is 0 Å². The second kappa shape index (κ2) is 6.08. The summed E-state index contributed by atoms with van der Waals surface area (Å²) in [6.07, 6.45) is 0. The van der Waals surface area contributed by atoms with E-state index in [2.05, 4.69) is 32.9 Å². The average molecular weight is 286 g/mol. The van der Waals surface area contributed by atoms with Gasteiger partial charge in [-0.2, -0.15) is 0 Å². The number of hydrogen-bond acceptors (Lipinski definition) is 3. The van der Waals surface area contributed by atoms with Gasteiger partial charge >= 0.3 is 0 Å². The summed E-state index contributed by atoms with van der Waals surface area (Å²) in [6.45, 7) is 6.34. The predicted octanol–water partition coefficient (Wildman–Crippen LogP) is 4.30. The fourth-order valence-corrected chi connectivity index (χ4v) is 2.90. The maximum atomic E-state index is 5.60. The Labute approximate surface area is 126 Å². The Bertz CT molecular complexity index is 637. The monoisotopic (exact) mass is 286 g/mol. The first-order valence-corrected chi connectivity index (χ1v) is 6.90. The minimum Gasteiger partial charge on any atom is -0.493 e. The molecular formula is C18H22O3. The quantitative estimate of drug-likeness (QED) is 0.838. The molecule has 0 aliphatic heterocycles. The highest BCUT2D eigenvalue weighted by Crippen LogP contribution is 2.45. The summed E-state index contributed by atoms with van der Waals surface area (Å²) >= 11 is 0. The van der Waals surface area contributed by atoms with Crippen molar-refractivity contribution in [3.8, 4) is 28.4 Å². The lowest BCUT2D eigenvalue weighted by Crippen LogP contribution is -1.99. The van der Waals surface area contributed by atoms with Gasteiger partial charge in [0.05, 0.1) is 21.3 Å². The summed E-state index contributed by atoms with van der Waals surface area (Å²) in [5.74, 6) is 1.99. The van der Waals surface area contributed by atoms with Gasteiger partial charge < -0.3 is 14.2 Å². The third-order valence-electron chi connectivity index (χ3n) is 3.65. The molecule has 0 amide bonds. The van der Waals surface area contributed by atoms with E-state index in [1.807, 2.05) is 12.1 Å². The molecular weight excluding hydrogens is 264 g/mol. The molecule has 0 radical (unpaired) electrons. The fraction of sp³-hybridized carbons (Fsp3) is 0.333. The van der Waals surface area contributed by atoms with Crippen LogP contribution in [0.4, 0.5) is 0 Å². The molecule has 21 heavy (non-hydrogen) atoms. The normalized spacial score (nSPS) is 10.4. The van der Waals surface area contributed by atoms with Crippen LogP contribution >= 0.6 is 0 Å². The van der Waals surface area contributed by atoms with Gasteiger partial charge in [-0.05, 0) is 49.6 Å². The molecule has 0 heterocycles. The van der Waals surface area contributed by atoms with E-state index < -0.39 is 0 Å². The molecule has 0 atom stereocenters. The van der Waals surface area contributed by atoms with Crippen LogP contribution in [0, 0.1) is 20.8 Å². The van der Waals surface area contributed by atoms with Crippen LogP contribution in [0.5, 0.6) is 17.2 Å². The second-order valence-corrected chi connectivity index (χ2v) is 5.16. The number of benzene rings is 2. The van der Waals surface area contributed by atoms with Crippen LogP contribution in [0.1, 0.15) is 16.7 Å². The summed E-state index contributed by atoms with van der Waals surface area (Å²) in [4.78, 5) is 0. The van der Waals surface area contributed by atoms with Crippen molar-refractivity contribution < 1.29 is 14.2 Å². The maximum absolute atomic E-state index is 5.60. The van der Waals surface area contributed by atoms with E-state index in [0.29, 0.717) is 17.2 Å². The molecule has 112 valence electrons. The van der Waals surface area contributed by atoms with Gasteiger partial charge in [-0.3, -0.25) is 0 Å². The third kappa shape index (κ3) is 2.68. The van der Waals surface area contributed by atoms with Gasteiger partial charge in [0.2, 0.25) is 5.75 Å². The predicted molar refractivity (Wildman–Crippen MR) is 85.7 cm³/mol. The molecule has 0 saturated heterocycles. The van der Waals surface area contributed by atoms with Crippen molar-refractivity contribution in [3.05, 3.63) is 41.0 Å². The van der Waals surface area contributed by atoms with Crippen molar-refractivity contribution in [3.63, 3.8) is 0 Å². The zero-order valence-electron chi connectivity index (χ0n) is 13.5. The van der Waals surface area contributed by atoms with Crippen LogP contribution in [-0.2, 0) is 0 Å². The molecule has 0 unspecified atom stereocenters. The molecule has 2 aromatic rings. The van der Waals surface area contributed by atoms with E-state index in [1.165, 1.54) is 22.3 Å². The highest BCUT2D eigenvalue weighted by molar-refractivity contribution is 5.80. The molecule has 0 fully saturated rings. The van der Waals surface area contributed by atoms with Crippen LogP contribution in [0.3, 0.4) is 0 Å². The number of ether oxygens (including phenoxy) is 3. The molecule has 0 N–H and O–H groups in total. The van der Waals surface area contributed by atoms with E-state index in [0.717, 1.165) is 5.56 Å². The molecule has 0 aromatic heterocycles. The lowest BCUT2D eigenvalue weighted by atomic mass is 9.93. The van der Waals surface area contributed by atoms with Crippen molar-refractivity contribution in [2.45, 2.75) is 20.8 Å². The number of aryl methyl sites for hydroxylation is 3. The van der Waals surface area contributed by atoms with Crippen LogP contribution in [0.15, 0.2) is 24.3 Å². The Morgan fingerprint density at radius 1 is 0.714 bits per heavy atom. The van der Waals surface area contributed by atoms with Crippen LogP contribution in [0.2, 0.25) is 0 Å². The SMILES string of the molecule is COc1ccc(-c2c(C)cc(C)cc2C)c(OC)c1OC. The lowest BCUT2D eigenvalue weighted by molar-refractivity contribution is 0.325. The Morgan fingerprint density at radius 3 is 1.76 bits per heavy atom. The molecule has 3 heteroatoms. The molecule has 0 aliphatic rings. The largest absolute Gasteiger partial charge is 0.493 e. The van der Waals surface area contributed by atoms with Gasteiger partial charge in [0.15, 0.2) is 11.5 Å². The smallest absolute Gasteiger partial charge is 0.203 e. The number of hydrogen-bond donors (Lipinski definition) is 0. The number of methoxy groups -OCH3 is 3. The van der Waals surface area contributed by atoms with E-state index in [4.69, 9.17) is 14.2 Å². The van der Waals surface area contributed by atoms with Crippen molar-refractivity contribution in [1.29, 1.82) is 0 Å². The zero-order chi connectivity index (χ0) is 15.6. The maximum Gasteiger partial charge on any atom is 0.203 e. The lowest BCUT2D eigenvalue weighted by Gasteiger charge is -2.18. The van der Waals surface area contributed by atoms with Crippen LogP contribution in [-0.4, -0.2) is 21.3 Å². The summed E-state index contributed by atoms with van der Waals surface area (Å²) < 4.78 is 16.4. The first-order chi connectivity index (χ1) is 10.0. The highest BCUT2D eigenvalue weighted by atomic mass is 16.5. The summed E-state index contributed by atoms with van der Waals surface area (Å²) in [7, 11) is 4.90. The molecule has 3 nitrogen and oxygen atoms in total. The Kier molecular flexibility index (Phi) is 4.41. The van der Waals surface area contributed by atoms with E-state index in [-0.39, 0.29) is 0 Å². The Morgan fingerprint density at radius 2 is 1.29 bits per heavy atom. The van der Waals surface area contributed by atoms with Gasteiger partial charge in [0, 0.05) is 5.56 Å². The molecule has 0 aliphatic carbocycles. The van der Waals surface area contributed by atoms with Crippen molar-refractivity contribution in [2.24, 2.45) is 0 Å². The van der Waals surface area contributed by atoms with Gasteiger partial charge in [-0.1, -0.05) is 17.7 Å². The Balaban J connectivity index is 2.76. The average Bonchev–Trinajstić information content (AvgIpc) is 2.45. The summed E-state index contributed by atoms with van der Waals surface area (Å²) in [5, 5.41) is 0. The van der Waals surface area contributed by atoms with E-state index in [1.54, 1.807) is 21.3 Å². The van der Waals surface area contributed by atoms with Crippen molar-refractivity contribution in [2.75, 3.05) is 21.3 Å². The molecule has 2 aromatic carbocycles. The van der Waals surface area contributed by atoms with Crippen LogP contribution in [0.25, 0.3) is 11.1 Å². The highest BCUT2D eigenvalue weighted by Gasteiger charge is 2.19. The van der Waals surface area contributed by atoms with Gasteiger partial charge in [0.25, 0.3) is 0 Å². The minimum atomic E-state index is 0.622. The molecule has 0 bridgehead atoms. The fourth-order valence-electron chi connectivity index (χ4n) is 2.90. The molecule has 0 spiro atoms. The first kappa shape index (κ1) is 15.2. The third-order valence-corrected chi connectivity index (χ3v) is 3.65. The second-order valence-electron chi connectivity index (χ2n) is 5.16. The topological polar surface area (TPSA) is 27.7 Å².